The van der Waals surface area contributed by atoms with E-state index in [-0.39, 0.29) is 6.29 Å². The van der Waals surface area contributed by atoms with Crippen LogP contribution >= 0.6 is 0 Å². The molecule has 1 aromatic carbocycles. The Morgan fingerprint density at radius 2 is 2.00 bits per heavy atom. The molecule has 1 heterocycles. The van der Waals surface area contributed by atoms with E-state index in [4.69, 9.17) is 9.47 Å². The van der Waals surface area contributed by atoms with Crippen LogP contribution in [0.3, 0.4) is 0 Å². The maximum absolute atomic E-state index is 5.49. The van der Waals surface area contributed by atoms with Crippen LogP contribution in [0.25, 0.3) is 0 Å². The summed E-state index contributed by atoms with van der Waals surface area (Å²) in [6.45, 7) is 0.693. The summed E-state index contributed by atoms with van der Waals surface area (Å²) in [4.78, 5) is 0. The number of rotatable bonds is 2. The minimum atomic E-state index is -0.171. The molecule has 0 N–H and O–H groups in total. The SMILES string of the molecule is CO[C@@H]1C=C[C@@H](c2ccccc2)CO1. The highest BCUT2D eigenvalue weighted by atomic mass is 16.7. The van der Waals surface area contributed by atoms with Gasteiger partial charge in [0, 0.05) is 13.0 Å². The Hall–Kier alpha value is -1.12. The Labute approximate surface area is 84.2 Å². The van der Waals surface area contributed by atoms with Gasteiger partial charge in [-0.2, -0.15) is 0 Å². The molecular formula is C12H14O2. The van der Waals surface area contributed by atoms with Crippen molar-refractivity contribution < 1.29 is 9.47 Å². The Balaban J connectivity index is 2.08. The van der Waals surface area contributed by atoms with Gasteiger partial charge in [-0.15, -0.1) is 0 Å². The topological polar surface area (TPSA) is 18.5 Å². The predicted octanol–water partition coefficient (Wildman–Crippen LogP) is 2.33. The van der Waals surface area contributed by atoms with Gasteiger partial charge < -0.3 is 9.47 Å². The van der Waals surface area contributed by atoms with Crippen LogP contribution in [0.4, 0.5) is 0 Å². The Morgan fingerprint density at radius 1 is 1.21 bits per heavy atom. The van der Waals surface area contributed by atoms with Gasteiger partial charge in [0.2, 0.25) is 0 Å². The van der Waals surface area contributed by atoms with Gasteiger partial charge in [0.15, 0.2) is 6.29 Å². The highest BCUT2D eigenvalue weighted by Gasteiger charge is 2.16. The average Bonchev–Trinajstić information content (AvgIpc) is 2.30. The summed E-state index contributed by atoms with van der Waals surface area (Å²) in [5.74, 6) is 0.364. The first-order valence-electron chi connectivity index (χ1n) is 4.78. The van der Waals surface area contributed by atoms with Crippen molar-refractivity contribution in [3.8, 4) is 0 Å². The first kappa shape index (κ1) is 9.44. The Bertz CT molecular complexity index is 305. The van der Waals surface area contributed by atoms with Gasteiger partial charge in [-0.3, -0.25) is 0 Å². The fourth-order valence-electron chi connectivity index (χ4n) is 1.59. The molecule has 2 rings (SSSR count). The van der Waals surface area contributed by atoms with Crippen molar-refractivity contribution >= 4 is 0 Å². The minimum Gasteiger partial charge on any atom is -0.352 e. The second-order valence-corrected chi connectivity index (χ2v) is 3.34. The van der Waals surface area contributed by atoms with Crippen LogP contribution < -0.4 is 0 Å². The van der Waals surface area contributed by atoms with E-state index in [1.807, 2.05) is 24.3 Å². The highest BCUT2D eigenvalue weighted by Crippen LogP contribution is 2.22. The summed E-state index contributed by atoms with van der Waals surface area (Å²) in [6.07, 6.45) is 3.93. The van der Waals surface area contributed by atoms with E-state index in [9.17, 15) is 0 Å². The molecule has 0 spiro atoms. The molecule has 0 bridgehead atoms. The zero-order chi connectivity index (χ0) is 9.80. The molecule has 0 saturated carbocycles. The zero-order valence-corrected chi connectivity index (χ0v) is 8.22. The Kier molecular flexibility index (Phi) is 2.96. The van der Waals surface area contributed by atoms with Crippen LogP contribution in [0.2, 0.25) is 0 Å². The van der Waals surface area contributed by atoms with Crippen LogP contribution in [-0.2, 0) is 9.47 Å². The van der Waals surface area contributed by atoms with Crippen molar-refractivity contribution in [1.29, 1.82) is 0 Å². The van der Waals surface area contributed by atoms with Crippen molar-refractivity contribution in [1.82, 2.24) is 0 Å². The van der Waals surface area contributed by atoms with Gasteiger partial charge in [-0.25, -0.2) is 0 Å². The van der Waals surface area contributed by atoms with Crippen molar-refractivity contribution in [2.45, 2.75) is 12.2 Å². The van der Waals surface area contributed by atoms with Gasteiger partial charge in [0.25, 0.3) is 0 Å². The second kappa shape index (κ2) is 4.40. The number of ether oxygens (including phenoxy) is 2. The summed E-state index contributed by atoms with van der Waals surface area (Å²) < 4.78 is 10.6. The molecule has 14 heavy (non-hydrogen) atoms. The van der Waals surface area contributed by atoms with Crippen LogP contribution in [0.15, 0.2) is 42.5 Å². The lowest BCUT2D eigenvalue weighted by Gasteiger charge is -2.22. The second-order valence-electron chi connectivity index (χ2n) is 3.34. The lowest BCUT2D eigenvalue weighted by Crippen LogP contribution is -2.21. The molecule has 0 radical (unpaired) electrons. The molecule has 0 saturated heterocycles. The van der Waals surface area contributed by atoms with Crippen molar-refractivity contribution in [3.63, 3.8) is 0 Å². The lowest BCUT2D eigenvalue weighted by atomic mass is 9.98. The molecular weight excluding hydrogens is 176 g/mol. The zero-order valence-electron chi connectivity index (χ0n) is 8.22. The molecule has 0 aromatic heterocycles. The van der Waals surface area contributed by atoms with Crippen LogP contribution in [-0.4, -0.2) is 20.0 Å². The molecule has 0 fully saturated rings. The van der Waals surface area contributed by atoms with E-state index >= 15 is 0 Å². The molecule has 2 atom stereocenters. The van der Waals surface area contributed by atoms with Gasteiger partial charge in [0.05, 0.1) is 6.61 Å². The summed E-state index contributed by atoms with van der Waals surface area (Å²) >= 11 is 0. The van der Waals surface area contributed by atoms with Crippen LogP contribution in [0, 0.1) is 0 Å². The highest BCUT2D eigenvalue weighted by molar-refractivity contribution is 5.24. The number of methoxy groups -OCH3 is 1. The molecule has 2 heteroatoms. The molecule has 1 aromatic rings. The largest absolute Gasteiger partial charge is 0.352 e. The number of hydrogen-bond acceptors (Lipinski definition) is 2. The molecule has 0 unspecified atom stereocenters. The van der Waals surface area contributed by atoms with Crippen molar-refractivity contribution in [2.75, 3.05) is 13.7 Å². The van der Waals surface area contributed by atoms with E-state index in [2.05, 4.69) is 18.2 Å². The van der Waals surface area contributed by atoms with Crippen LogP contribution in [0.5, 0.6) is 0 Å². The number of hydrogen-bond donors (Lipinski definition) is 0. The molecule has 2 nitrogen and oxygen atoms in total. The lowest BCUT2D eigenvalue weighted by molar-refractivity contribution is -0.0984. The fraction of sp³-hybridized carbons (Fsp3) is 0.333. The third-order valence-electron chi connectivity index (χ3n) is 2.40. The number of benzene rings is 1. The molecule has 74 valence electrons. The summed E-state index contributed by atoms with van der Waals surface area (Å²) in [6, 6.07) is 10.4. The van der Waals surface area contributed by atoms with E-state index in [0.717, 1.165) is 0 Å². The van der Waals surface area contributed by atoms with E-state index in [1.165, 1.54) is 5.56 Å². The smallest absolute Gasteiger partial charge is 0.176 e. The van der Waals surface area contributed by atoms with Gasteiger partial charge in [0.1, 0.15) is 0 Å². The molecule has 1 aliphatic rings. The summed E-state index contributed by atoms with van der Waals surface area (Å²) in [7, 11) is 1.65. The Morgan fingerprint density at radius 3 is 2.57 bits per heavy atom. The van der Waals surface area contributed by atoms with Crippen LogP contribution in [0.1, 0.15) is 11.5 Å². The standard InChI is InChI=1S/C12H14O2/c1-13-12-8-7-11(9-14-12)10-5-3-2-4-6-10/h2-8,11-12H,9H2,1H3/t11-,12+/m1/s1. The third-order valence-corrected chi connectivity index (χ3v) is 2.40. The van der Waals surface area contributed by atoms with E-state index in [1.54, 1.807) is 7.11 Å². The predicted molar refractivity (Wildman–Crippen MR) is 55.1 cm³/mol. The van der Waals surface area contributed by atoms with Gasteiger partial charge >= 0.3 is 0 Å². The molecule has 1 aliphatic heterocycles. The first-order chi connectivity index (χ1) is 6.90. The molecule has 0 aliphatic carbocycles. The first-order valence-corrected chi connectivity index (χ1v) is 4.78. The maximum atomic E-state index is 5.49. The summed E-state index contributed by atoms with van der Waals surface area (Å²) in [5.41, 5.74) is 1.29. The van der Waals surface area contributed by atoms with E-state index in [0.29, 0.717) is 12.5 Å². The van der Waals surface area contributed by atoms with Crippen molar-refractivity contribution in [3.05, 3.63) is 48.0 Å². The summed E-state index contributed by atoms with van der Waals surface area (Å²) in [5, 5.41) is 0. The maximum Gasteiger partial charge on any atom is 0.176 e. The average molecular weight is 190 g/mol. The minimum absolute atomic E-state index is 0.171. The third kappa shape index (κ3) is 2.03. The monoisotopic (exact) mass is 190 g/mol. The quantitative estimate of drug-likeness (QED) is 0.666. The van der Waals surface area contributed by atoms with Gasteiger partial charge in [-0.05, 0) is 11.6 Å². The van der Waals surface area contributed by atoms with E-state index < -0.39 is 0 Å². The fourth-order valence-corrected chi connectivity index (χ4v) is 1.59. The normalized spacial score (nSPS) is 26.4. The van der Waals surface area contributed by atoms with Crippen molar-refractivity contribution in [2.24, 2.45) is 0 Å². The molecule has 0 amide bonds. The van der Waals surface area contributed by atoms with Gasteiger partial charge in [-0.1, -0.05) is 36.4 Å².